The minimum Gasteiger partial charge on any atom is -0.356 e. The van der Waals surface area contributed by atoms with Crippen LogP contribution in [0.5, 0.6) is 0 Å². The maximum atomic E-state index is 12.6. The van der Waals surface area contributed by atoms with Crippen molar-refractivity contribution in [2.75, 3.05) is 5.32 Å². The zero-order chi connectivity index (χ0) is 13.0. The van der Waals surface area contributed by atoms with Crippen LogP contribution in [0.1, 0.15) is 25.3 Å². The standard InChI is InChI=1S/C12H11F3N2S/c1-11(4-5-11)17-10-16-8-6-7(12(13,14)15)2-3-9(8)18-10/h2-3,6H,4-5H2,1H3,(H,16,17). The zero-order valence-corrected chi connectivity index (χ0v) is 10.5. The van der Waals surface area contributed by atoms with Crippen LogP contribution in [0.25, 0.3) is 10.2 Å². The van der Waals surface area contributed by atoms with Crippen molar-refractivity contribution in [2.45, 2.75) is 31.5 Å². The predicted molar refractivity (Wildman–Crippen MR) is 65.9 cm³/mol. The van der Waals surface area contributed by atoms with Crippen LogP contribution in [0.15, 0.2) is 18.2 Å². The van der Waals surface area contributed by atoms with Gasteiger partial charge in [0.05, 0.1) is 15.8 Å². The number of rotatable bonds is 2. The van der Waals surface area contributed by atoms with Gasteiger partial charge >= 0.3 is 6.18 Å². The molecule has 0 amide bonds. The number of anilines is 1. The van der Waals surface area contributed by atoms with E-state index in [4.69, 9.17) is 0 Å². The molecule has 0 spiro atoms. The molecule has 1 aromatic carbocycles. The second kappa shape index (κ2) is 3.60. The molecule has 1 saturated carbocycles. The summed E-state index contributed by atoms with van der Waals surface area (Å²) in [5.74, 6) is 0. The van der Waals surface area contributed by atoms with Crippen LogP contribution in [0, 0.1) is 0 Å². The van der Waals surface area contributed by atoms with Gasteiger partial charge in [0.15, 0.2) is 5.13 Å². The summed E-state index contributed by atoms with van der Waals surface area (Å²) in [6.45, 7) is 2.08. The van der Waals surface area contributed by atoms with Gasteiger partial charge in [-0.1, -0.05) is 11.3 Å². The van der Waals surface area contributed by atoms with Crippen LogP contribution in [0.4, 0.5) is 18.3 Å². The SMILES string of the molecule is CC1(Nc2nc3cc(C(F)(F)F)ccc3s2)CC1. The molecule has 1 heterocycles. The summed E-state index contributed by atoms with van der Waals surface area (Å²) >= 11 is 1.39. The molecule has 0 radical (unpaired) electrons. The number of nitrogens with zero attached hydrogens (tertiary/aromatic N) is 1. The lowest BCUT2D eigenvalue weighted by Crippen LogP contribution is -2.15. The second-order valence-corrected chi connectivity index (χ2v) is 5.92. The molecule has 1 aliphatic carbocycles. The molecule has 96 valence electrons. The normalized spacial score (nSPS) is 18.0. The number of hydrogen-bond acceptors (Lipinski definition) is 3. The molecule has 1 fully saturated rings. The number of fused-ring (bicyclic) bond motifs is 1. The van der Waals surface area contributed by atoms with E-state index in [0.29, 0.717) is 10.6 Å². The minimum absolute atomic E-state index is 0.0841. The Morgan fingerprint density at radius 1 is 1.33 bits per heavy atom. The van der Waals surface area contributed by atoms with Gasteiger partial charge in [-0.15, -0.1) is 0 Å². The van der Waals surface area contributed by atoms with E-state index >= 15 is 0 Å². The molecule has 1 N–H and O–H groups in total. The third kappa shape index (κ3) is 2.16. The smallest absolute Gasteiger partial charge is 0.356 e. The number of nitrogens with one attached hydrogen (secondary N) is 1. The first-order valence-electron chi connectivity index (χ1n) is 5.62. The Bertz CT molecular complexity index is 599. The maximum absolute atomic E-state index is 12.6. The molecule has 3 rings (SSSR count). The molecule has 0 atom stereocenters. The van der Waals surface area contributed by atoms with Crippen LogP contribution in [0.2, 0.25) is 0 Å². The van der Waals surface area contributed by atoms with Crippen molar-refractivity contribution in [3.05, 3.63) is 23.8 Å². The van der Waals surface area contributed by atoms with Gasteiger partial charge in [0.25, 0.3) is 0 Å². The fourth-order valence-electron chi connectivity index (χ4n) is 1.73. The van der Waals surface area contributed by atoms with Gasteiger partial charge < -0.3 is 5.32 Å². The highest BCUT2D eigenvalue weighted by atomic mass is 32.1. The molecule has 1 aromatic heterocycles. The van der Waals surface area contributed by atoms with Crippen molar-refractivity contribution in [1.82, 2.24) is 4.98 Å². The summed E-state index contributed by atoms with van der Waals surface area (Å²) in [6, 6.07) is 3.69. The number of benzene rings is 1. The molecule has 1 aliphatic rings. The topological polar surface area (TPSA) is 24.9 Å². The van der Waals surface area contributed by atoms with Gasteiger partial charge in [-0.2, -0.15) is 13.2 Å². The highest BCUT2D eigenvalue weighted by molar-refractivity contribution is 7.22. The van der Waals surface area contributed by atoms with Crippen LogP contribution in [-0.4, -0.2) is 10.5 Å². The van der Waals surface area contributed by atoms with E-state index in [1.165, 1.54) is 17.4 Å². The third-order valence-electron chi connectivity index (χ3n) is 3.12. The Hall–Kier alpha value is -1.30. The van der Waals surface area contributed by atoms with E-state index in [0.717, 1.165) is 29.7 Å². The second-order valence-electron chi connectivity index (χ2n) is 4.88. The van der Waals surface area contributed by atoms with Crippen molar-refractivity contribution in [3.8, 4) is 0 Å². The summed E-state index contributed by atoms with van der Waals surface area (Å²) in [5.41, 5.74) is -0.160. The largest absolute Gasteiger partial charge is 0.416 e. The minimum atomic E-state index is -4.31. The predicted octanol–water partition coefficient (Wildman–Crippen LogP) is 4.28. The number of halogens is 3. The van der Waals surface area contributed by atoms with Gasteiger partial charge in [-0.05, 0) is 38.0 Å². The van der Waals surface area contributed by atoms with E-state index in [-0.39, 0.29) is 5.54 Å². The highest BCUT2D eigenvalue weighted by Gasteiger charge is 2.38. The summed E-state index contributed by atoms with van der Waals surface area (Å²) in [7, 11) is 0. The lowest BCUT2D eigenvalue weighted by Gasteiger charge is -2.08. The maximum Gasteiger partial charge on any atom is 0.416 e. The van der Waals surface area contributed by atoms with Crippen molar-refractivity contribution in [3.63, 3.8) is 0 Å². The summed E-state index contributed by atoms with van der Waals surface area (Å²) in [6.07, 6.45) is -2.15. The zero-order valence-electron chi connectivity index (χ0n) is 9.64. The molecule has 0 bridgehead atoms. The Labute approximate surface area is 106 Å². The highest BCUT2D eigenvalue weighted by Crippen LogP contribution is 2.40. The van der Waals surface area contributed by atoms with Gasteiger partial charge in [0, 0.05) is 5.54 Å². The molecule has 2 nitrogen and oxygen atoms in total. The van der Waals surface area contributed by atoms with Crippen LogP contribution < -0.4 is 5.32 Å². The Morgan fingerprint density at radius 2 is 2.06 bits per heavy atom. The first kappa shape index (κ1) is 11.8. The number of thiazole rings is 1. The van der Waals surface area contributed by atoms with Crippen LogP contribution in [-0.2, 0) is 6.18 Å². The average molecular weight is 272 g/mol. The molecule has 2 aromatic rings. The van der Waals surface area contributed by atoms with Crippen molar-refractivity contribution >= 4 is 26.7 Å². The van der Waals surface area contributed by atoms with E-state index in [2.05, 4.69) is 17.2 Å². The number of hydrogen-bond donors (Lipinski definition) is 1. The van der Waals surface area contributed by atoms with Crippen LogP contribution in [0.3, 0.4) is 0 Å². The van der Waals surface area contributed by atoms with Gasteiger partial charge in [0.2, 0.25) is 0 Å². The van der Waals surface area contributed by atoms with Crippen molar-refractivity contribution in [2.24, 2.45) is 0 Å². The lowest BCUT2D eigenvalue weighted by molar-refractivity contribution is -0.137. The third-order valence-corrected chi connectivity index (χ3v) is 4.08. The quantitative estimate of drug-likeness (QED) is 0.882. The van der Waals surface area contributed by atoms with E-state index in [1.807, 2.05) is 0 Å². The monoisotopic (exact) mass is 272 g/mol. The first-order chi connectivity index (χ1) is 8.36. The number of alkyl halides is 3. The summed E-state index contributed by atoms with van der Waals surface area (Å²) in [4.78, 5) is 4.22. The lowest BCUT2D eigenvalue weighted by atomic mass is 10.2. The Kier molecular flexibility index (Phi) is 2.35. The molecule has 0 aliphatic heterocycles. The average Bonchev–Trinajstić information content (AvgIpc) is 2.85. The first-order valence-corrected chi connectivity index (χ1v) is 6.43. The Balaban J connectivity index is 1.96. The molecule has 0 saturated heterocycles. The Morgan fingerprint density at radius 3 is 2.67 bits per heavy atom. The summed E-state index contributed by atoms with van der Waals surface area (Å²) in [5, 5.41) is 3.96. The molecule has 0 unspecified atom stereocenters. The molecular formula is C12H11F3N2S. The summed E-state index contributed by atoms with van der Waals surface area (Å²) < 4.78 is 38.5. The fourth-order valence-corrected chi connectivity index (χ4v) is 2.72. The van der Waals surface area contributed by atoms with Crippen LogP contribution >= 0.6 is 11.3 Å². The van der Waals surface area contributed by atoms with Gasteiger partial charge in [-0.25, -0.2) is 4.98 Å². The van der Waals surface area contributed by atoms with E-state index in [9.17, 15) is 13.2 Å². The number of aromatic nitrogens is 1. The van der Waals surface area contributed by atoms with Gasteiger partial charge in [-0.3, -0.25) is 0 Å². The van der Waals surface area contributed by atoms with E-state index in [1.54, 1.807) is 0 Å². The van der Waals surface area contributed by atoms with Gasteiger partial charge in [0.1, 0.15) is 0 Å². The van der Waals surface area contributed by atoms with E-state index < -0.39 is 11.7 Å². The van der Waals surface area contributed by atoms with Crippen molar-refractivity contribution in [1.29, 1.82) is 0 Å². The fraction of sp³-hybridized carbons (Fsp3) is 0.417. The molecular weight excluding hydrogens is 261 g/mol. The molecule has 6 heteroatoms. The molecule has 18 heavy (non-hydrogen) atoms. The van der Waals surface area contributed by atoms with Crippen molar-refractivity contribution < 1.29 is 13.2 Å².